The van der Waals surface area contributed by atoms with Crippen LogP contribution in [0.3, 0.4) is 0 Å². The van der Waals surface area contributed by atoms with E-state index in [1.54, 1.807) is 26.0 Å². The average molecular weight is 518 g/mol. The van der Waals surface area contributed by atoms with Gasteiger partial charge in [-0.25, -0.2) is 8.42 Å². The van der Waals surface area contributed by atoms with Gasteiger partial charge in [0.05, 0.1) is 18.0 Å². The zero-order valence-corrected chi connectivity index (χ0v) is 21.3. The topological polar surface area (TPSA) is 154 Å². The molecule has 3 heterocycles. The maximum atomic E-state index is 12.8. The van der Waals surface area contributed by atoms with E-state index in [0.29, 0.717) is 5.76 Å². The summed E-state index contributed by atoms with van der Waals surface area (Å²) in [6.45, 7) is 9.70. The van der Waals surface area contributed by atoms with Gasteiger partial charge in [0.25, 0.3) is 10.0 Å². The Kier molecular flexibility index (Phi) is 6.94. The van der Waals surface area contributed by atoms with Crippen LogP contribution in [-0.2, 0) is 20.2 Å². The van der Waals surface area contributed by atoms with E-state index in [2.05, 4.69) is 19.4 Å². The van der Waals surface area contributed by atoms with Crippen LogP contribution in [0.15, 0.2) is 41.2 Å². The Morgan fingerprint density at radius 2 is 1.85 bits per heavy atom. The number of nitrogens with zero attached hydrogens (tertiary/aromatic N) is 3. The quantitative estimate of drug-likeness (QED) is 0.507. The fraction of sp³-hybridized carbons (Fsp3) is 0.474. The molecule has 0 saturated carbocycles. The fourth-order valence-corrected chi connectivity index (χ4v) is 6.84. The highest BCUT2D eigenvalue weighted by atomic mass is 32.2. The summed E-state index contributed by atoms with van der Waals surface area (Å²) in [5, 5.41) is 17.7. The first-order valence-corrected chi connectivity index (χ1v) is 13.8. The molecule has 182 valence electrons. The summed E-state index contributed by atoms with van der Waals surface area (Å²) < 4.78 is 63.6. The number of thiophene rings is 1. The molecule has 0 fully saturated rings. The van der Waals surface area contributed by atoms with Crippen LogP contribution >= 0.6 is 11.3 Å². The molecule has 0 amide bonds. The molecule has 0 radical (unpaired) electrons. The summed E-state index contributed by atoms with van der Waals surface area (Å²) in [5.74, 6) is -0.197. The van der Waals surface area contributed by atoms with Gasteiger partial charge in [-0.15, -0.1) is 20.1 Å². The van der Waals surface area contributed by atoms with Crippen molar-refractivity contribution in [1.29, 1.82) is 0 Å². The molecule has 0 unspecified atom stereocenters. The molecule has 2 aromatic rings. The van der Waals surface area contributed by atoms with Gasteiger partial charge in [-0.05, 0) is 17.5 Å². The van der Waals surface area contributed by atoms with Gasteiger partial charge >= 0.3 is 10.2 Å². The third-order valence-corrected chi connectivity index (χ3v) is 9.24. The lowest BCUT2D eigenvalue weighted by Gasteiger charge is -2.30. The lowest BCUT2D eigenvalue weighted by molar-refractivity contribution is 0.264. The van der Waals surface area contributed by atoms with E-state index in [-0.39, 0.29) is 34.7 Å². The molecule has 0 aromatic carbocycles. The number of sulfonamides is 1. The molecule has 14 heteroatoms. The Balaban J connectivity index is 1.93. The standard InChI is InChI=1S/C19H27N5O6S3/c1-6-24(7-2)32(26,27)18-14(25)12(11-31-18)20-16-17(23-33(28,29)22-16)21-15(19(3,4)5)13-9-8-10-30-13/h8-11,15,25H,6-7H2,1-5H3,(H,20,22)(H,21,23)/t15-/m0/s1. The van der Waals surface area contributed by atoms with Crippen LogP contribution < -0.4 is 10.6 Å². The molecular formula is C19H27N5O6S3. The van der Waals surface area contributed by atoms with Gasteiger partial charge in [-0.1, -0.05) is 34.6 Å². The SMILES string of the molecule is CCN(CC)S(=O)(=O)c1scc(NC2=NS(=O)(=O)N=C2N[C@@H](c2ccco2)C(C)(C)C)c1O. The first kappa shape index (κ1) is 25.2. The summed E-state index contributed by atoms with van der Waals surface area (Å²) in [4.78, 5) is 0. The molecule has 3 N–H and O–H groups in total. The summed E-state index contributed by atoms with van der Waals surface area (Å²) in [6, 6.07) is 3.02. The summed E-state index contributed by atoms with van der Waals surface area (Å²) in [5.41, 5.74) is -0.394. The molecule has 0 saturated heterocycles. The molecule has 0 spiro atoms. The molecule has 0 aliphatic carbocycles. The average Bonchev–Trinajstić information content (AvgIpc) is 3.40. The second-order valence-electron chi connectivity index (χ2n) is 8.29. The summed E-state index contributed by atoms with van der Waals surface area (Å²) in [6.07, 6.45) is 1.51. The molecule has 0 bridgehead atoms. The van der Waals surface area contributed by atoms with Crippen LogP contribution in [-0.4, -0.2) is 51.0 Å². The minimum absolute atomic E-state index is 0.00129. The maximum Gasteiger partial charge on any atom is 0.367 e. The van der Waals surface area contributed by atoms with Crippen molar-refractivity contribution in [1.82, 2.24) is 9.62 Å². The van der Waals surface area contributed by atoms with Crippen molar-refractivity contribution in [2.75, 3.05) is 18.4 Å². The van der Waals surface area contributed by atoms with E-state index >= 15 is 0 Å². The van der Waals surface area contributed by atoms with Gasteiger partial charge in [0.15, 0.2) is 21.6 Å². The van der Waals surface area contributed by atoms with Crippen molar-refractivity contribution in [3.8, 4) is 5.75 Å². The van der Waals surface area contributed by atoms with Crippen LogP contribution in [0.1, 0.15) is 46.4 Å². The van der Waals surface area contributed by atoms with Crippen molar-refractivity contribution < 1.29 is 26.4 Å². The highest BCUT2D eigenvalue weighted by molar-refractivity contribution is 7.91. The number of aromatic hydroxyl groups is 1. The number of amidine groups is 2. The molecule has 1 aliphatic heterocycles. The fourth-order valence-electron chi connectivity index (χ4n) is 3.23. The van der Waals surface area contributed by atoms with Gasteiger partial charge in [0.1, 0.15) is 5.76 Å². The number of anilines is 1. The predicted octanol–water partition coefficient (Wildman–Crippen LogP) is 2.92. The molecule has 1 aliphatic rings. The van der Waals surface area contributed by atoms with Crippen molar-refractivity contribution in [3.05, 3.63) is 29.5 Å². The largest absolute Gasteiger partial charge is 0.504 e. The van der Waals surface area contributed by atoms with Crippen molar-refractivity contribution in [3.63, 3.8) is 0 Å². The second kappa shape index (κ2) is 9.08. The summed E-state index contributed by atoms with van der Waals surface area (Å²) >= 11 is 0.821. The number of nitrogens with one attached hydrogen (secondary N) is 2. The van der Waals surface area contributed by atoms with E-state index < -0.39 is 37.4 Å². The van der Waals surface area contributed by atoms with E-state index in [0.717, 1.165) is 11.3 Å². The molecule has 33 heavy (non-hydrogen) atoms. The van der Waals surface area contributed by atoms with Crippen molar-refractivity contribution >= 4 is 48.9 Å². The number of hydrogen-bond donors (Lipinski definition) is 3. The highest BCUT2D eigenvalue weighted by Gasteiger charge is 2.35. The number of hydrogen-bond acceptors (Lipinski definition) is 9. The lowest BCUT2D eigenvalue weighted by Crippen LogP contribution is -2.41. The van der Waals surface area contributed by atoms with Crippen LogP contribution in [0.25, 0.3) is 0 Å². The van der Waals surface area contributed by atoms with Crippen LogP contribution in [0.2, 0.25) is 0 Å². The van der Waals surface area contributed by atoms with Crippen LogP contribution in [0.5, 0.6) is 5.75 Å². The van der Waals surface area contributed by atoms with Crippen LogP contribution in [0.4, 0.5) is 5.69 Å². The Morgan fingerprint density at radius 1 is 1.21 bits per heavy atom. The Labute approximate surface area is 197 Å². The zero-order valence-electron chi connectivity index (χ0n) is 18.9. The molecule has 11 nitrogen and oxygen atoms in total. The van der Waals surface area contributed by atoms with Crippen molar-refractivity contribution in [2.45, 2.75) is 44.9 Å². The van der Waals surface area contributed by atoms with E-state index in [1.165, 1.54) is 15.9 Å². The lowest BCUT2D eigenvalue weighted by atomic mass is 9.85. The molecule has 2 aromatic heterocycles. The van der Waals surface area contributed by atoms with Crippen LogP contribution in [0, 0.1) is 5.41 Å². The molecule has 3 rings (SSSR count). The first-order valence-electron chi connectivity index (χ1n) is 10.1. The van der Waals surface area contributed by atoms with Gasteiger partial charge in [0, 0.05) is 18.5 Å². The predicted molar refractivity (Wildman–Crippen MR) is 128 cm³/mol. The zero-order chi connectivity index (χ0) is 24.6. The van der Waals surface area contributed by atoms with Gasteiger partial charge in [0.2, 0.25) is 0 Å². The highest BCUT2D eigenvalue weighted by Crippen LogP contribution is 2.39. The normalized spacial score (nSPS) is 17.0. The smallest absolute Gasteiger partial charge is 0.367 e. The third kappa shape index (κ3) is 5.23. The Bertz CT molecular complexity index is 1270. The molecular weight excluding hydrogens is 490 g/mol. The minimum atomic E-state index is -4.16. The van der Waals surface area contributed by atoms with Gasteiger partial charge in [-0.2, -0.15) is 12.7 Å². The number of rotatable bonds is 7. The van der Waals surface area contributed by atoms with Gasteiger partial charge < -0.3 is 20.2 Å². The minimum Gasteiger partial charge on any atom is -0.504 e. The Morgan fingerprint density at radius 3 is 2.39 bits per heavy atom. The summed E-state index contributed by atoms with van der Waals surface area (Å²) in [7, 11) is -8.07. The maximum absolute atomic E-state index is 12.8. The van der Waals surface area contributed by atoms with E-state index in [9.17, 15) is 21.9 Å². The Hall–Kier alpha value is -2.42. The van der Waals surface area contributed by atoms with E-state index in [1.807, 2.05) is 20.8 Å². The number of furan rings is 1. The second-order valence-corrected chi connectivity index (χ2v) is 12.6. The van der Waals surface area contributed by atoms with Gasteiger partial charge in [-0.3, -0.25) is 0 Å². The first-order chi connectivity index (χ1) is 15.3. The molecule has 1 atom stereocenters. The third-order valence-electron chi connectivity index (χ3n) is 4.88. The van der Waals surface area contributed by atoms with Crippen molar-refractivity contribution in [2.24, 2.45) is 14.2 Å². The van der Waals surface area contributed by atoms with E-state index in [4.69, 9.17) is 4.42 Å². The monoisotopic (exact) mass is 517 g/mol.